The van der Waals surface area contributed by atoms with Gasteiger partial charge in [-0.05, 0) is 44.4 Å². The van der Waals surface area contributed by atoms with Crippen LogP contribution in [0.3, 0.4) is 0 Å². The molecule has 0 fully saturated rings. The first-order valence-electron chi connectivity index (χ1n) is 15.5. The summed E-state index contributed by atoms with van der Waals surface area (Å²) in [6, 6.07) is -0.683. The van der Waals surface area contributed by atoms with Crippen LogP contribution in [0.5, 0.6) is 0 Å². The molecule has 0 saturated heterocycles. The molecule has 5 atom stereocenters. The third kappa shape index (κ3) is 11.2. The molecule has 9 N–H and O–H groups in total. The van der Waals surface area contributed by atoms with Gasteiger partial charge < -0.3 is 27.8 Å². The van der Waals surface area contributed by atoms with Crippen molar-refractivity contribution in [3.05, 3.63) is 17.2 Å². The minimum Gasteiger partial charge on any atom is -0.383 e. The van der Waals surface area contributed by atoms with Gasteiger partial charge in [0, 0.05) is 24.7 Å². The number of hydrogen-bond donors (Lipinski definition) is 6. The highest BCUT2D eigenvalue weighted by Crippen LogP contribution is 2.39. The molecule has 0 spiro atoms. The highest BCUT2D eigenvalue weighted by Gasteiger charge is 2.40. The Morgan fingerprint density at radius 3 is 2.59 bits per heavy atom. The molecule has 0 radical (unpaired) electrons. The molecule has 0 saturated carbocycles. The molecule has 0 bridgehead atoms. The van der Waals surface area contributed by atoms with Gasteiger partial charge in [-0.3, -0.25) is 15.1 Å². The molecule has 2 aliphatic rings. The smallest absolute Gasteiger partial charge is 0.232 e. The Balaban J connectivity index is 2.45. The van der Waals surface area contributed by atoms with E-state index < -0.39 is 42.2 Å². The Morgan fingerprint density at radius 1 is 1.22 bits per heavy atom. The van der Waals surface area contributed by atoms with Crippen molar-refractivity contribution < 1.29 is 13.6 Å². The number of carbonyl (C=O) groups excluding carboxylic acids is 1. The number of carbonyl (C=O) groups is 1. The summed E-state index contributed by atoms with van der Waals surface area (Å²) in [5.74, 6) is 0.577. The van der Waals surface area contributed by atoms with E-state index in [4.69, 9.17) is 17.2 Å². The van der Waals surface area contributed by atoms with Gasteiger partial charge in [-0.25, -0.2) is 13.8 Å². The van der Waals surface area contributed by atoms with Crippen molar-refractivity contribution in [2.75, 3.05) is 13.2 Å². The summed E-state index contributed by atoms with van der Waals surface area (Å²) in [5.41, 5.74) is 19.0. The lowest BCUT2D eigenvalue weighted by atomic mass is 9.72. The zero-order chi connectivity index (χ0) is 30.4. The standard InChI is InChI=1S/C30H54F2N8O/c1-5-7-9-10-11-12-23-27(26(22(32)18-37-23)39-20(3)38-19-33)40-29(41)25(28(34)35)24-16-30(4,14-8-6-2)15-13-21(31)17-36-24/h20,22,24-25,28,37-38H,5-16,18-19,33-35H2,1-4H3,(H,40,41)/t20?,22?,24?,25?,30-/m1/s1. The Hall–Kier alpha value is -2.17. The van der Waals surface area contributed by atoms with Crippen molar-refractivity contribution in [2.45, 2.75) is 129 Å². The maximum absolute atomic E-state index is 15.3. The zero-order valence-electron chi connectivity index (χ0n) is 25.6. The summed E-state index contributed by atoms with van der Waals surface area (Å²) in [7, 11) is 0. The molecule has 1 amide bonds. The van der Waals surface area contributed by atoms with E-state index in [1.54, 1.807) is 6.92 Å². The minimum atomic E-state index is -1.44. The summed E-state index contributed by atoms with van der Waals surface area (Å²) in [6.07, 6.45) is 7.24. The quantitative estimate of drug-likeness (QED) is 0.120. The van der Waals surface area contributed by atoms with E-state index >= 15 is 4.39 Å². The number of nitrogens with zero attached hydrogens (tertiary/aromatic N) is 2. The number of nitrogens with two attached hydrogens (primary N) is 3. The Morgan fingerprint density at radius 2 is 1.93 bits per heavy atom. The number of nitrogens with one attached hydrogen (secondary N) is 3. The van der Waals surface area contributed by atoms with Crippen LogP contribution in [0.1, 0.15) is 105 Å². The normalized spacial score (nSPS) is 25.9. The number of unbranched alkanes of at least 4 members (excludes halogenated alkanes) is 5. The lowest BCUT2D eigenvalue weighted by Gasteiger charge is -2.36. The van der Waals surface area contributed by atoms with Crippen molar-refractivity contribution in [2.24, 2.45) is 38.5 Å². The van der Waals surface area contributed by atoms with Crippen LogP contribution in [0.15, 0.2) is 27.2 Å². The van der Waals surface area contributed by atoms with Gasteiger partial charge in [0.2, 0.25) is 5.91 Å². The van der Waals surface area contributed by atoms with Gasteiger partial charge in [-0.15, -0.1) is 0 Å². The molecule has 0 aliphatic carbocycles. The van der Waals surface area contributed by atoms with Crippen molar-refractivity contribution in [3.63, 3.8) is 0 Å². The van der Waals surface area contributed by atoms with Crippen LogP contribution >= 0.6 is 0 Å². The van der Waals surface area contributed by atoms with Crippen LogP contribution in [0.2, 0.25) is 0 Å². The van der Waals surface area contributed by atoms with E-state index in [1.807, 2.05) is 0 Å². The van der Waals surface area contributed by atoms with Crippen molar-refractivity contribution in [1.29, 1.82) is 0 Å². The molecule has 11 heteroatoms. The largest absolute Gasteiger partial charge is 0.383 e. The van der Waals surface area contributed by atoms with Gasteiger partial charge in [0.25, 0.3) is 0 Å². The highest BCUT2D eigenvalue weighted by molar-refractivity contribution is 6.07. The summed E-state index contributed by atoms with van der Waals surface area (Å²) in [4.78, 5) is 22.9. The molecule has 2 rings (SSSR count). The van der Waals surface area contributed by atoms with E-state index in [2.05, 4.69) is 52.6 Å². The fourth-order valence-corrected chi connectivity index (χ4v) is 5.66. The summed E-state index contributed by atoms with van der Waals surface area (Å²) in [5, 5.41) is 9.09. The highest BCUT2D eigenvalue weighted by atomic mass is 19.1. The second-order valence-corrected chi connectivity index (χ2v) is 11.9. The number of halogens is 2. The van der Waals surface area contributed by atoms with Crippen LogP contribution < -0.4 is 33.2 Å². The van der Waals surface area contributed by atoms with Crippen LogP contribution in [0.4, 0.5) is 8.78 Å². The molecule has 234 valence electrons. The first-order chi connectivity index (χ1) is 19.5. The monoisotopic (exact) mass is 580 g/mol. The average Bonchev–Trinajstić information content (AvgIpc) is 2.91. The molecule has 41 heavy (non-hydrogen) atoms. The molecule has 2 aliphatic heterocycles. The number of rotatable bonds is 16. The number of allylic oxidation sites excluding steroid dienone is 3. The molecule has 9 nitrogen and oxygen atoms in total. The van der Waals surface area contributed by atoms with Crippen LogP contribution in [0, 0.1) is 11.3 Å². The van der Waals surface area contributed by atoms with Crippen molar-refractivity contribution >= 4 is 17.5 Å². The van der Waals surface area contributed by atoms with Crippen LogP contribution in [-0.2, 0) is 4.79 Å². The van der Waals surface area contributed by atoms with Gasteiger partial charge in [0.1, 0.15) is 0 Å². The molecule has 0 aromatic rings. The number of hydrogen-bond acceptors (Lipinski definition) is 8. The summed E-state index contributed by atoms with van der Waals surface area (Å²) >= 11 is 0. The third-order valence-corrected chi connectivity index (χ3v) is 8.14. The number of aliphatic imine (C=N–C) groups is 2. The molecular formula is C30H54F2N8O. The fourth-order valence-electron chi connectivity index (χ4n) is 5.66. The summed E-state index contributed by atoms with van der Waals surface area (Å²) < 4.78 is 29.8. The topological polar surface area (TPSA) is 156 Å². The molecule has 4 unspecified atom stereocenters. The second-order valence-electron chi connectivity index (χ2n) is 11.9. The van der Waals surface area contributed by atoms with E-state index in [1.165, 1.54) is 0 Å². The molecule has 0 aromatic heterocycles. The van der Waals surface area contributed by atoms with Gasteiger partial charge in [-0.2, -0.15) is 0 Å². The van der Waals surface area contributed by atoms with E-state index in [0.29, 0.717) is 25.0 Å². The Labute approximate surface area is 245 Å². The van der Waals surface area contributed by atoms with Gasteiger partial charge in [0.15, 0.2) is 12.0 Å². The molecule has 2 heterocycles. The first-order valence-corrected chi connectivity index (χ1v) is 15.5. The van der Waals surface area contributed by atoms with Gasteiger partial charge in [-0.1, -0.05) is 59.3 Å². The lowest BCUT2D eigenvalue weighted by molar-refractivity contribution is -0.125. The van der Waals surface area contributed by atoms with Crippen LogP contribution in [0.25, 0.3) is 0 Å². The van der Waals surface area contributed by atoms with E-state index in [-0.39, 0.29) is 30.8 Å². The molecule has 0 aromatic carbocycles. The number of alkyl halides is 1. The number of amides is 1. The molecular weight excluding hydrogens is 526 g/mol. The van der Waals surface area contributed by atoms with Crippen molar-refractivity contribution in [1.82, 2.24) is 16.0 Å². The third-order valence-electron chi connectivity index (χ3n) is 8.14. The predicted molar refractivity (Wildman–Crippen MR) is 164 cm³/mol. The average molecular weight is 581 g/mol. The Kier molecular flexibility index (Phi) is 15.1. The zero-order valence-corrected chi connectivity index (χ0v) is 25.6. The second kappa shape index (κ2) is 17.7. The van der Waals surface area contributed by atoms with Gasteiger partial charge >= 0.3 is 0 Å². The van der Waals surface area contributed by atoms with Crippen LogP contribution in [-0.4, -0.2) is 55.2 Å². The lowest BCUT2D eigenvalue weighted by Crippen LogP contribution is -2.54. The van der Waals surface area contributed by atoms with Gasteiger partial charge in [0.05, 0.1) is 42.2 Å². The predicted octanol–water partition coefficient (Wildman–Crippen LogP) is 4.04. The summed E-state index contributed by atoms with van der Waals surface area (Å²) in [6.45, 7) is 8.39. The maximum atomic E-state index is 15.3. The first kappa shape index (κ1) is 35.0. The SMILES string of the molecule is CCCCCCCC1=C(NC(=O)C(C(N)N)C2C[C@](C)(CCCC)CCC(F)=C=N2)C(=NC(C)NCN)C(F)CN1. The van der Waals surface area contributed by atoms with Crippen molar-refractivity contribution in [3.8, 4) is 0 Å². The van der Waals surface area contributed by atoms with E-state index in [9.17, 15) is 9.18 Å². The minimum absolute atomic E-state index is 0.0600. The van der Waals surface area contributed by atoms with E-state index in [0.717, 1.165) is 57.1 Å². The fraction of sp³-hybridized carbons (Fsp3) is 0.800. The maximum Gasteiger partial charge on any atom is 0.232 e. The Bertz CT molecular complexity index is 962.